The summed E-state index contributed by atoms with van der Waals surface area (Å²) in [7, 11) is -4.03. The number of carbonyl (C=O) groups excluding carboxylic acids is 2. The number of ether oxygens (including phenoxy) is 1. The molecule has 2 aliphatic heterocycles. The first-order valence-electron chi connectivity index (χ1n) is 14.6. The lowest BCUT2D eigenvalue weighted by Gasteiger charge is -2.31. The number of rotatable bonds is 14. The Balaban J connectivity index is 1.34. The van der Waals surface area contributed by atoms with E-state index < -0.39 is 34.1 Å². The van der Waals surface area contributed by atoms with E-state index >= 15 is 0 Å². The molecule has 0 saturated carbocycles. The van der Waals surface area contributed by atoms with Crippen LogP contribution < -0.4 is 20.7 Å². The maximum atomic E-state index is 13.9. The smallest absolute Gasteiger partial charge is 0.318 e. The summed E-state index contributed by atoms with van der Waals surface area (Å²) in [6, 6.07) is 12.0. The van der Waals surface area contributed by atoms with Crippen molar-refractivity contribution < 1.29 is 27.9 Å². The zero-order valence-corrected chi connectivity index (χ0v) is 26.3. The number of hydrogen-bond donors (Lipinski definition) is 4. The summed E-state index contributed by atoms with van der Waals surface area (Å²) in [6.07, 6.45) is 1.43. The molecule has 0 aliphatic carbocycles. The second-order valence-electron chi connectivity index (χ2n) is 11.2. The molecule has 0 radical (unpaired) electrons. The SMILES string of the molecule is CCC(C)CN(C[C@@H](O)[C@H](Cc1ccccc1)NC(=O)[C@@H]1CN(Cc2cncs2)C(=O)N1)S(=O)(=O)c1ccc2c(c1)OCN2. The Morgan fingerprint density at radius 3 is 2.77 bits per heavy atom. The summed E-state index contributed by atoms with van der Waals surface area (Å²) in [5.41, 5.74) is 3.26. The molecule has 1 unspecified atom stereocenters. The standard InChI is InChI=1S/C30H38N6O6S2/c1-3-20(2)14-36(44(40,41)23-9-10-24-28(12-23)42-18-32-24)17-27(37)25(11-21-7-5-4-6-8-21)33-29(38)26-16-35(30(39)34-26)15-22-13-31-19-43-22/h4-10,12-13,19-20,25-27,32,37H,3,11,14-18H2,1-2H3,(H,33,38)(H,34,39)/t20?,25-,26-,27+/m0/s1. The van der Waals surface area contributed by atoms with E-state index in [1.165, 1.54) is 32.7 Å². The number of nitrogens with zero attached hydrogens (tertiary/aromatic N) is 3. The van der Waals surface area contributed by atoms with Gasteiger partial charge in [0.2, 0.25) is 15.9 Å². The van der Waals surface area contributed by atoms with Gasteiger partial charge in [-0.15, -0.1) is 11.3 Å². The van der Waals surface area contributed by atoms with Crippen LogP contribution in [0.2, 0.25) is 0 Å². The topological polar surface area (TPSA) is 153 Å². The fraction of sp³-hybridized carbons (Fsp3) is 0.433. The van der Waals surface area contributed by atoms with Crippen molar-refractivity contribution in [1.82, 2.24) is 24.8 Å². The van der Waals surface area contributed by atoms with Gasteiger partial charge in [-0.25, -0.2) is 13.2 Å². The first-order chi connectivity index (χ1) is 21.1. The minimum Gasteiger partial charge on any atom is -0.471 e. The molecular weight excluding hydrogens is 604 g/mol. The van der Waals surface area contributed by atoms with E-state index in [0.717, 1.165) is 16.9 Å². The Labute approximate surface area is 261 Å². The number of fused-ring (bicyclic) bond motifs is 1. The monoisotopic (exact) mass is 642 g/mol. The van der Waals surface area contributed by atoms with Crippen molar-refractivity contribution in [3.8, 4) is 5.75 Å². The zero-order chi connectivity index (χ0) is 31.3. The zero-order valence-electron chi connectivity index (χ0n) is 24.7. The predicted octanol–water partition coefficient (Wildman–Crippen LogP) is 2.62. The van der Waals surface area contributed by atoms with E-state index in [1.54, 1.807) is 17.8 Å². The molecule has 4 N–H and O–H groups in total. The van der Waals surface area contributed by atoms with Crippen LogP contribution in [0.4, 0.5) is 10.5 Å². The predicted molar refractivity (Wildman–Crippen MR) is 167 cm³/mol. The normalized spacial score (nSPS) is 18.2. The summed E-state index contributed by atoms with van der Waals surface area (Å²) < 4.78 is 34.7. The molecule has 2 aliphatic rings. The van der Waals surface area contributed by atoms with Gasteiger partial charge >= 0.3 is 6.03 Å². The number of aliphatic hydroxyl groups excluding tert-OH is 1. The Morgan fingerprint density at radius 2 is 2.05 bits per heavy atom. The molecule has 12 nitrogen and oxygen atoms in total. The van der Waals surface area contributed by atoms with Crippen molar-refractivity contribution in [2.24, 2.45) is 5.92 Å². The molecular formula is C30H38N6O6S2. The van der Waals surface area contributed by atoms with Crippen LogP contribution in [0, 0.1) is 5.92 Å². The van der Waals surface area contributed by atoms with Crippen LogP contribution in [-0.4, -0.2) is 84.2 Å². The van der Waals surface area contributed by atoms with Crippen LogP contribution in [-0.2, 0) is 27.8 Å². The highest BCUT2D eigenvalue weighted by Crippen LogP contribution is 2.33. The average molecular weight is 643 g/mol. The molecule has 236 valence electrons. The number of aromatic nitrogens is 1. The molecule has 1 saturated heterocycles. The number of hydrogen-bond acceptors (Lipinski definition) is 9. The van der Waals surface area contributed by atoms with Crippen LogP contribution in [0.3, 0.4) is 0 Å². The van der Waals surface area contributed by atoms with Gasteiger partial charge in [-0.2, -0.15) is 4.31 Å². The molecule has 1 aromatic heterocycles. The van der Waals surface area contributed by atoms with Gasteiger partial charge in [0, 0.05) is 30.2 Å². The third kappa shape index (κ3) is 7.49. The lowest BCUT2D eigenvalue weighted by Crippen LogP contribution is -2.54. The van der Waals surface area contributed by atoms with E-state index in [-0.39, 0.29) is 49.6 Å². The Kier molecular flexibility index (Phi) is 10.0. The summed E-state index contributed by atoms with van der Waals surface area (Å²) in [4.78, 5) is 32.6. The molecule has 44 heavy (non-hydrogen) atoms. The molecule has 5 rings (SSSR count). The highest BCUT2D eigenvalue weighted by Gasteiger charge is 2.37. The minimum atomic E-state index is -4.03. The van der Waals surface area contributed by atoms with Gasteiger partial charge in [-0.05, 0) is 30.0 Å². The molecule has 0 bridgehead atoms. The Hall–Kier alpha value is -3.72. The molecule has 0 spiro atoms. The highest BCUT2D eigenvalue weighted by molar-refractivity contribution is 7.89. The quantitative estimate of drug-likeness (QED) is 0.209. The number of thiazole rings is 1. The summed E-state index contributed by atoms with van der Waals surface area (Å²) in [6.45, 7) is 4.63. The maximum absolute atomic E-state index is 13.9. The van der Waals surface area contributed by atoms with E-state index in [0.29, 0.717) is 18.0 Å². The average Bonchev–Trinajstić information content (AvgIpc) is 3.78. The number of amides is 3. The summed E-state index contributed by atoms with van der Waals surface area (Å²) in [5, 5.41) is 20.3. The van der Waals surface area contributed by atoms with Crippen LogP contribution in [0.25, 0.3) is 0 Å². The first-order valence-corrected chi connectivity index (χ1v) is 16.9. The van der Waals surface area contributed by atoms with Crippen LogP contribution >= 0.6 is 11.3 Å². The second-order valence-corrected chi connectivity index (χ2v) is 14.1. The molecule has 14 heteroatoms. The number of benzene rings is 2. The fourth-order valence-electron chi connectivity index (χ4n) is 5.17. The number of carbonyl (C=O) groups is 2. The van der Waals surface area contributed by atoms with Crippen molar-refractivity contribution >= 4 is 39.0 Å². The van der Waals surface area contributed by atoms with Crippen molar-refractivity contribution in [2.45, 2.75) is 56.3 Å². The van der Waals surface area contributed by atoms with Gasteiger partial charge in [0.25, 0.3) is 0 Å². The molecule has 3 aromatic rings. The number of sulfonamides is 1. The molecule has 4 atom stereocenters. The van der Waals surface area contributed by atoms with Gasteiger partial charge in [0.1, 0.15) is 11.8 Å². The van der Waals surface area contributed by atoms with Gasteiger partial charge in [-0.1, -0.05) is 50.6 Å². The fourth-order valence-corrected chi connectivity index (χ4v) is 7.37. The molecule has 1 fully saturated rings. The number of nitrogens with one attached hydrogen (secondary N) is 3. The lowest BCUT2D eigenvalue weighted by molar-refractivity contribution is -0.124. The lowest BCUT2D eigenvalue weighted by atomic mass is 10.00. The van der Waals surface area contributed by atoms with Gasteiger partial charge < -0.3 is 30.7 Å². The molecule has 2 aromatic carbocycles. The molecule has 3 amide bonds. The van der Waals surface area contributed by atoms with Crippen molar-refractivity contribution in [3.63, 3.8) is 0 Å². The van der Waals surface area contributed by atoms with Crippen LogP contribution in [0.5, 0.6) is 5.75 Å². The van der Waals surface area contributed by atoms with Crippen molar-refractivity contribution in [1.29, 1.82) is 0 Å². The van der Waals surface area contributed by atoms with Crippen molar-refractivity contribution in [2.75, 3.05) is 31.7 Å². The maximum Gasteiger partial charge on any atom is 0.318 e. The van der Waals surface area contributed by atoms with Gasteiger partial charge in [0.15, 0.2) is 6.73 Å². The summed E-state index contributed by atoms with van der Waals surface area (Å²) >= 11 is 1.42. The Bertz CT molecular complexity index is 1540. The third-order valence-corrected chi connectivity index (χ3v) is 10.5. The van der Waals surface area contributed by atoms with Gasteiger partial charge in [-0.3, -0.25) is 9.78 Å². The van der Waals surface area contributed by atoms with E-state index in [1.807, 2.05) is 44.2 Å². The minimum absolute atomic E-state index is 0.0183. The van der Waals surface area contributed by atoms with E-state index in [9.17, 15) is 23.1 Å². The summed E-state index contributed by atoms with van der Waals surface area (Å²) in [5.74, 6) is 0.0155. The van der Waals surface area contributed by atoms with Gasteiger partial charge in [0.05, 0.1) is 41.3 Å². The third-order valence-electron chi connectivity index (χ3n) is 7.91. The number of aliphatic hydroxyl groups is 1. The van der Waals surface area contributed by atoms with Crippen molar-refractivity contribution in [3.05, 3.63) is 70.7 Å². The van der Waals surface area contributed by atoms with Crippen LogP contribution in [0.15, 0.2) is 65.1 Å². The largest absolute Gasteiger partial charge is 0.471 e. The number of anilines is 1. The molecule has 3 heterocycles. The van der Waals surface area contributed by atoms with Crippen LogP contribution in [0.1, 0.15) is 30.7 Å². The van der Waals surface area contributed by atoms with E-state index in [4.69, 9.17) is 4.74 Å². The number of urea groups is 1. The highest BCUT2D eigenvalue weighted by atomic mass is 32.2. The Morgan fingerprint density at radius 1 is 1.25 bits per heavy atom. The first kappa shape index (κ1) is 31.7. The van der Waals surface area contributed by atoms with E-state index in [2.05, 4.69) is 20.9 Å². The second kappa shape index (κ2) is 13.9.